The fraction of sp³-hybridized carbons (Fsp3) is 0.568. The molecule has 2 aromatic carbocycles. The van der Waals surface area contributed by atoms with Crippen LogP contribution < -0.4 is 5.32 Å². The summed E-state index contributed by atoms with van der Waals surface area (Å²) in [7, 11) is 0. The van der Waals surface area contributed by atoms with Gasteiger partial charge in [-0.1, -0.05) is 29.8 Å². The predicted molar refractivity (Wildman–Crippen MR) is 191 cm³/mol. The number of carbonyl (C=O) groups excluding carboxylic acids is 3. The molecule has 4 fully saturated rings. The standard InChI is InChI=1S/C37H47ClN8O4/c38-31-22-25(21-27-24-39-41-34(27)31)23-33(35(47)44-12-8-29(9-13-44)43-19-17-42(18-20-43)28-5-6-28)50-37(49)45-14-10-30(11-15-45)46-16-7-26-3-1-2-4-32(26)40-36(46)48/h1-4,21-22,24,28-30,33H,5-20,23H2,(H,39,41)(H,40,48). The number of fused-ring (bicyclic) bond motifs is 2. The minimum absolute atomic E-state index is 0.0209. The number of nitrogens with zero attached hydrogens (tertiary/aromatic N) is 6. The Morgan fingerprint density at radius 2 is 1.50 bits per heavy atom. The highest BCUT2D eigenvalue weighted by Crippen LogP contribution is 2.30. The van der Waals surface area contributed by atoms with Crippen molar-refractivity contribution in [2.75, 3.05) is 64.2 Å². The molecule has 1 atom stereocenters. The van der Waals surface area contributed by atoms with E-state index in [2.05, 4.69) is 31.4 Å². The minimum atomic E-state index is -0.978. The fourth-order valence-corrected chi connectivity index (χ4v) is 8.73. The van der Waals surface area contributed by atoms with E-state index in [9.17, 15) is 14.4 Å². The van der Waals surface area contributed by atoms with Crippen LogP contribution in [0.2, 0.25) is 5.02 Å². The molecule has 50 heavy (non-hydrogen) atoms. The van der Waals surface area contributed by atoms with E-state index < -0.39 is 12.2 Å². The SMILES string of the molecule is O=C(OC(Cc1cc(Cl)c2[nH]ncc2c1)C(=O)N1CCC(N2CCN(C3CC3)CC2)CC1)N1CCC(N2CCc3ccccc3NC2=O)CC1. The first-order valence-electron chi connectivity index (χ1n) is 18.4. The maximum atomic E-state index is 14.2. The van der Waals surface area contributed by atoms with Crippen molar-refractivity contribution in [1.29, 1.82) is 0 Å². The quantitative estimate of drug-likeness (QED) is 0.370. The smallest absolute Gasteiger partial charge is 0.410 e. The zero-order valence-electron chi connectivity index (χ0n) is 28.6. The molecule has 8 rings (SSSR count). The normalized spacial score (nSPS) is 22.3. The molecule has 5 aliphatic rings. The number of carbonyl (C=O) groups is 3. The molecule has 1 aromatic heterocycles. The molecule has 5 heterocycles. The molecule has 12 nitrogen and oxygen atoms in total. The molecule has 2 N–H and O–H groups in total. The highest BCUT2D eigenvalue weighted by molar-refractivity contribution is 6.35. The van der Waals surface area contributed by atoms with Gasteiger partial charge in [-0.15, -0.1) is 0 Å². The van der Waals surface area contributed by atoms with Crippen LogP contribution in [0.5, 0.6) is 0 Å². The van der Waals surface area contributed by atoms with Gasteiger partial charge >= 0.3 is 12.1 Å². The highest BCUT2D eigenvalue weighted by Gasteiger charge is 2.38. The summed E-state index contributed by atoms with van der Waals surface area (Å²) in [6.45, 7) is 7.30. The predicted octanol–water partition coefficient (Wildman–Crippen LogP) is 4.59. The first-order chi connectivity index (χ1) is 24.4. The van der Waals surface area contributed by atoms with Crippen LogP contribution >= 0.6 is 11.6 Å². The number of likely N-dealkylation sites (tertiary alicyclic amines) is 2. The number of halogens is 1. The lowest BCUT2D eigenvalue weighted by Gasteiger charge is -2.43. The number of anilines is 1. The van der Waals surface area contributed by atoms with Crippen molar-refractivity contribution in [2.45, 2.75) is 75.6 Å². The van der Waals surface area contributed by atoms with Gasteiger partial charge in [0.25, 0.3) is 5.91 Å². The number of aromatic amines is 1. The molecule has 0 radical (unpaired) electrons. The van der Waals surface area contributed by atoms with Gasteiger partial charge in [-0.25, -0.2) is 9.59 Å². The first-order valence-corrected chi connectivity index (χ1v) is 18.8. The second kappa shape index (κ2) is 14.4. The number of hydrogen-bond donors (Lipinski definition) is 2. The zero-order chi connectivity index (χ0) is 34.2. The fourth-order valence-electron chi connectivity index (χ4n) is 8.44. The number of piperazine rings is 1. The van der Waals surface area contributed by atoms with Crippen molar-refractivity contribution in [3.8, 4) is 0 Å². The average Bonchev–Trinajstić information content (AvgIpc) is 3.91. The second-order valence-electron chi connectivity index (χ2n) is 14.6. The number of urea groups is 1. The monoisotopic (exact) mass is 702 g/mol. The number of H-pyrrole nitrogens is 1. The molecule has 3 saturated heterocycles. The van der Waals surface area contributed by atoms with Crippen molar-refractivity contribution < 1.29 is 19.1 Å². The number of piperidine rings is 2. The lowest BCUT2D eigenvalue weighted by molar-refractivity contribution is -0.142. The molecule has 0 bridgehead atoms. The van der Waals surface area contributed by atoms with Gasteiger partial charge in [0.1, 0.15) is 0 Å². The molecule has 1 unspecified atom stereocenters. The van der Waals surface area contributed by atoms with E-state index in [1.54, 1.807) is 11.1 Å². The van der Waals surface area contributed by atoms with Gasteiger partial charge in [0.2, 0.25) is 0 Å². The van der Waals surface area contributed by atoms with E-state index in [1.807, 2.05) is 40.1 Å². The Hall–Kier alpha value is -3.87. The Kier molecular flexibility index (Phi) is 9.58. The van der Waals surface area contributed by atoms with Crippen LogP contribution in [0.3, 0.4) is 0 Å². The van der Waals surface area contributed by atoms with E-state index >= 15 is 0 Å². The molecular formula is C37H47ClN8O4. The lowest BCUT2D eigenvalue weighted by atomic mass is 10.00. The zero-order valence-corrected chi connectivity index (χ0v) is 29.3. The lowest BCUT2D eigenvalue weighted by Crippen LogP contribution is -2.55. The van der Waals surface area contributed by atoms with E-state index in [-0.39, 0.29) is 24.4 Å². The molecule has 13 heteroatoms. The maximum absolute atomic E-state index is 14.2. The van der Waals surface area contributed by atoms with Crippen LogP contribution in [0.25, 0.3) is 10.9 Å². The van der Waals surface area contributed by atoms with Crippen LogP contribution in [0.4, 0.5) is 15.3 Å². The number of benzene rings is 2. The molecule has 4 aliphatic heterocycles. The second-order valence-corrected chi connectivity index (χ2v) is 15.0. The summed E-state index contributed by atoms with van der Waals surface area (Å²) in [6, 6.07) is 12.9. The van der Waals surface area contributed by atoms with Crippen molar-refractivity contribution >= 4 is 46.2 Å². The largest absolute Gasteiger partial charge is 0.436 e. The third-order valence-corrected chi connectivity index (χ3v) is 11.8. The van der Waals surface area contributed by atoms with Crippen LogP contribution in [0, 0.1) is 0 Å². The number of para-hydroxylation sites is 1. The summed E-state index contributed by atoms with van der Waals surface area (Å²) < 4.78 is 6.11. The molecule has 4 amide bonds. The van der Waals surface area contributed by atoms with Crippen molar-refractivity contribution in [3.63, 3.8) is 0 Å². The van der Waals surface area contributed by atoms with Crippen molar-refractivity contribution in [2.24, 2.45) is 0 Å². The number of hydrogen-bond acceptors (Lipinski definition) is 7. The Balaban J connectivity index is 0.901. The number of rotatable bonds is 7. The van der Waals surface area contributed by atoms with Crippen LogP contribution in [0.1, 0.15) is 49.7 Å². The molecule has 1 aliphatic carbocycles. The van der Waals surface area contributed by atoms with E-state index in [4.69, 9.17) is 16.3 Å². The highest BCUT2D eigenvalue weighted by atomic mass is 35.5. The Morgan fingerprint density at radius 1 is 0.840 bits per heavy atom. The maximum Gasteiger partial charge on any atom is 0.410 e. The van der Waals surface area contributed by atoms with Crippen molar-refractivity contribution in [1.82, 2.24) is 34.7 Å². The number of aromatic nitrogens is 2. The molecular weight excluding hydrogens is 656 g/mol. The number of amides is 4. The van der Waals surface area contributed by atoms with Gasteiger partial charge in [0.15, 0.2) is 6.10 Å². The van der Waals surface area contributed by atoms with Crippen LogP contribution in [-0.2, 0) is 22.4 Å². The summed E-state index contributed by atoms with van der Waals surface area (Å²) in [6.07, 6.45) is 7.07. The molecule has 266 valence electrons. The summed E-state index contributed by atoms with van der Waals surface area (Å²) in [4.78, 5) is 51.7. The van der Waals surface area contributed by atoms with Gasteiger partial charge in [-0.2, -0.15) is 5.10 Å². The Bertz CT molecular complexity index is 1710. The van der Waals surface area contributed by atoms with Crippen LogP contribution in [0.15, 0.2) is 42.6 Å². The van der Waals surface area contributed by atoms with Gasteiger partial charge in [-0.05, 0) is 74.3 Å². The summed E-state index contributed by atoms with van der Waals surface area (Å²) in [5.41, 5.74) is 3.54. The van der Waals surface area contributed by atoms with E-state index in [0.29, 0.717) is 56.6 Å². The summed E-state index contributed by atoms with van der Waals surface area (Å²) in [5.74, 6) is -0.158. The van der Waals surface area contributed by atoms with E-state index in [0.717, 1.165) is 79.2 Å². The number of nitrogens with one attached hydrogen (secondary N) is 2. The van der Waals surface area contributed by atoms with Crippen molar-refractivity contribution in [3.05, 3.63) is 58.7 Å². The van der Waals surface area contributed by atoms with Gasteiger partial charge in [-0.3, -0.25) is 19.7 Å². The van der Waals surface area contributed by atoms with Gasteiger partial charge in [0, 0.05) is 94.5 Å². The third kappa shape index (κ3) is 7.15. The minimum Gasteiger partial charge on any atom is -0.436 e. The Labute approximate surface area is 298 Å². The first kappa shape index (κ1) is 33.3. The topological polar surface area (TPSA) is 117 Å². The van der Waals surface area contributed by atoms with Crippen LogP contribution in [-0.4, -0.2) is 136 Å². The molecule has 3 aromatic rings. The Morgan fingerprint density at radius 3 is 2.22 bits per heavy atom. The average molecular weight is 703 g/mol. The molecule has 0 spiro atoms. The summed E-state index contributed by atoms with van der Waals surface area (Å²) >= 11 is 6.56. The summed E-state index contributed by atoms with van der Waals surface area (Å²) in [5, 5.41) is 11.4. The van der Waals surface area contributed by atoms with Gasteiger partial charge in [0.05, 0.1) is 16.7 Å². The third-order valence-electron chi connectivity index (χ3n) is 11.5. The molecule has 1 saturated carbocycles. The number of ether oxygens (including phenoxy) is 1. The van der Waals surface area contributed by atoms with Gasteiger partial charge < -0.3 is 24.8 Å². The van der Waals surface area contributed by atoms with E-state index in [1.165, 1.54) is 12.8 Å².